The zero-order chi connectivity index (χ0) is 15.7. The topological polar surface area (TPSA) is 49.4 Å². The first kappa shape index (κ1) is 18.1. The van der Waals surface area contributed by atoms with E-state index >= 15 is 0 Å². The Bertz CT molecular complexity index is 498. The van der Waals surface area contributed by atoms with Gasteiger partial charge in [-0.05, 0) is 58.0 Å². The molecule has 0 fully saturated rings. The van der Waals surface area contributed by atoms with Crippen molar-refractivity contribution in [2.75, 3.05) is 26.2 Å². The Labute approximate surface area is 129 Å². The Morgan fingerprint density at radius 2 is 1.71 bits per heavy atom. The summed E-state index contributed by atoms with van der Waals surface area (Å²) >= 11 is 0. The van der Waals surface area contributed by atoms with Crippen molar-refractivity contribution in [2.45, 2.75) is 44.9 Å². The molecule has 0 unspecified atom stereocenters. The summed E-state index contributed by atoms with van der Waals surface area (Å²) in [7, 11) is -3.36. The van der Waals surface area contributed by atoms with Gasteiger partial charge in [-0.3, -0.25) is 0 Å². The third kappa shape index (κ3) is 6.59. The van der Waals surface area contributed by atoms with Crippen LogP contribution in [0.4, 0.5) is 0 Å². The normalized spacial score (nSPS) is 12.0. The number of benzene rings is 1. The SMILES string of the molecule is CCCN(CC)CCCCNS(=O)(=O)c1ccc(C)cc1. The molecule has 21 heavy (non-hydrogen) atoms. The van der Waals surface area contributed by atoms with Gasteiger partial charge in [-0.1, -0.05) is 31.5 Å². The molecule has 0 saturated carbocycles. The van der Waals surface area contributed by atoms with Crippen molar-refractivity contribution in [3.05, 3.63) is 29.8 Å². The molecular formula is C16H28N2O2S. The number of aryl methyl sites for hydroxylation is 1. The van der Waals surface area contributed by atoms with Crippen molar-refractivity contribution in [1.29, 1.82) is 0 Å². The predicted molar refractivity (Wildman–Crippen MR) is 88.0 cm³/mol. The number of nitrogens with one attached hydrogen (secondary N) is 1. The second-order valence-corrected chi connectivity index (χ2v) is 7.12. The number of sulfonamides is 1. The number of rotatable bonds is 10. The summed E-state index contributed by atoms with van der Waals surface area (Å²) in [6.45, 7) is 10.00. The fourth-order valence-corrected chi connectivity index (χ4v) is 3.29. The van der Waals surface area contributed by atoms with Gasteiger partial charge >= 0.3 is 0 Å². The number of hydrogen-bond acceptors (Lipinski definition) is 3. The van der Waals surface area contributed by atoms with E-state index < -0.39 is 10.0 Å². The molecule has 1 aromatic rings. The monoisotopic (exact) mass is 312 g/mol. The van der Waals surface area contributed by atoms with Crippen molar-refractivity contribution in [3.63, 3.8) is 0 Å². The van der Waals surface area contributed by atoms with E-state index in [1.165, 1.54) is 0 Å². The molecule has 1 rings (SSSR count). The Morgan fingerprint density at radius 3 is 2.29 bits per heavy atom. The second-order valence-electron chi connectivity index (χ2n) is 5.35. The molecule has 0 aliphatic carbocycles. The molecule has 0 aromatic heterocycles. The Balaban J connectivity index is 2.33. The summed E-state index contributed by atoms with van der Waals surface area (Å²) in [4.78, 5) is 2.74. The van der Waals surface area contributed by atoms with E-state index in [2.05, 4.69) is 23.5 Å². The minimum Gasteiger partial charge on any atom is -0.304 e. The lowest BCUT2D eigenvalue weighted by atomic mass is 10.2. The molecule has 5 heteroatoms. The molecule has 0 aliphatic heterocycles. The highest BCUT2D eigenvalue weighted by Crippen LogP contribution is 2.09. The maximum Gasteiger partial charge on any atom is 0.240 e. The van der Waals surface area contributed by atoms with Gasteiger partial charge in [0.05, 0.1) is 4.90 Å². The predicted octanol–water partition coefficient (Wildman–Crippen LogP) is 2.79. The molecule has 0 heterocycles. The van der Waals surface area contributed by atoms with Gasteiger partial charge < -0.3 is 4.90 Å². The lowest BCUT2D eigenvalue weighted by Gasteiger charge is -2.19. The molecule has 1 aromatic carbocycles. The van der Waals surface area contributed by atoms with Gasteiger partial charge in [0.2, 0.25) is 10.0 Å². The maximum atomic E-state index is 12.1. The average Bonchev–Trinajstić information content (AvgIpc) is 2.46. The van der Waals surface area contributed by atoms with Crippen LogP contribution in [0.2, 0.25) is 0 Å². The van der Waals surface area contributed by atoms with E-state index in [0.717, 1.165) is 44.5 Å². The Morgan fingerprint density at radius 1 is 1.05 bits per heavy atom. The van der Waals surface area contributed by atoms with Gasteiger partial charge in [-0.15, -0.1) is 0 Å². The van der Waals surface area contributed by atoms with Crippen LogP contribution in [0.25, 0.3) is 0 Å². The van der Waals surface area contributed by atoms with Crippen LogP contribution in [-0.4, -0.2) is 39.5 Å². The first-order valence-corrected chi connectivity index (χ1v) is 9.26. The van der Waals surface area contributed by atoms with Crippen molar-refractivity contribution in [2.24, 2.45) is 0 Å². The van der Waals surface area contributed by atoms with Crippen LogP contribution in [0.1, 0.15) is 38.7 Å². The van der Waals surface area contributed by atoms with Crippen molar-refractivity contribution < 1.29 is 8.42 Å². The third-order valence-corrected chi connectivity index (χ3v) is 4.99. The molecular weight excluding hydrogens is 284 g/mol. The summed E-state index contributed by atoms with van der Waals surface area (Å²) in [5.74, 6) is 0. The molecule has 0 atom stereocenters. The molecule has 0 bridgehead atoms. The quantitative estimate of drug-likeness (QED) is 0.676. The highest BCUT2D eigenvalue weighted by atomic mass is 32.2. The van der Waals surface area contributed by atoms with Gasteiger partial charge in [-0.2, -0.15) is 0 Å². The molecule has 0 spiro atoms. The smallest absolute Gasteiger partial charge is 0.240 e. The lowest BCUT2D eigenvalue weighted by molar-refractivity contribution is 0.283. The fraction of sp³-hybridized carbons (Fsp3) is 0.625. The van der Waals surface area contributed by atoms with Crippen LogP contribution in [0, 0.1) is 6.92 Å². The van der Waals surface area contributed by atoms with E-state index in [4.69, 9.17) is 0 Å². The van der Waals surface area contributed by atoms with Gasteiger partial charge in [0.15, 0.2) is 0 Å². The van der Waals surface area contributed by atoms with Crippen LogP contribution in [0.3, 0.4) is 0 Å². The fourth-order valence-electron chi connectivity index (χ4n) is 2.21. The van der Waals surface area contributed by atoms with Gasteiger partial charge in [0.1, 0.15) is 0 Å². The van der Waals surface area contributed by atoms with Gasteiger partial charge in [0.25, 0.3) is 0 Å². The number of nitrogens with zero attached hydrogens (tertiary/aromatic N) is 1. The zero-order valence-corrected chi connectivity index (χ0v) is 14.2. The van der Waals surface area contributed by atoms with Crippen LogP contribution < -0.4 is 4.72 Å². The Kier molecular flexibility index (Phi) is 7.93. The van der Waals surface area contributed by atoms with E-state index in [-0.39, 0.29) is 0 Å². The van der Waals surface area contributed by atoms with Crippen LogP contribution in [0.5, 0.6) is 0 Å². The molecule has 4 nitrogen and oxygen atoms in total. The van der Waals surface area contributed by atoms with E-state index in [1.54, 1.807) is 12.1 Å². The average molecular weight is 312 g/mol. The summed E-state index contributed by atoms with van der Waals surface area (Å²) in [6, 6.07) is 6.94. The molecule has 0 saturated heterocycles. The van der Waals surface area contributed by atoms with E-state index in [0.29, 0.717) is 11.4 Å². The van der Waals surface area contributed by atoms with Crippen molar-refractivity contribution >= 4 is 10.0 Å². The van der Waals surface area contributed by atoms with Crippen LogP contribution in [-0.2, 0) is 10.0 Å². The van der Waals surface area contributed by atoms with Gasteiger partial charge in [0, 0.05) is 6.54 Å². The lowest BCUT2D eigenvalue weighted by Crippen LogP contribution is -2.28. The summed E-state index contributed by atoms with van der Waals surface area (Å²) in [6.07, 6.45) is 3.05. The van der Waals surface area contributed by atoms with Gasteiger partial charge in [-0.25, -0.2) is 13.1 Å². The first-order chi connectivity index (χ1) is 9.99. The highest BCUT2D eigenvalue weighted by molar-refractivity contribution is 7.89. The summed E-state index contributed by atoms with van der Waals surface area (Å²) < 4.78 is 26.8. The standard InChI is InChI=1S/C16H28N2O2S/c1-4-13-18(5-2)14-7-6-12-17-21(19,20)16-10-8-15(3)9-11-16/h8-11,17H,4-7,12-14H2,1-3H3. The Hall–Kier alpha value is -0.910. The highest BCUT2D eigenvalue weighted by Gasteiger charge is 2.12. The third-order valence-electron chi connectivity index (χ3n) is 3.51. The molecule has 0 amide bonds. The van der Waals surface area contributed by atoms with E-state index in [1.807, 2.05) is 19.1 Å². The minimum absolute atomic E-state index is 0.342. The first-order valence-electron chi connectivity index (χ1n) is 7.78. The summed E-state index contributed by atoms with van der Waals surface area (Å²) in [5, 5.41) is 0. The molecule has 0 radical (unpaired) electrons. The largest absolute Gasteiger partial charge is 0.304 e. The molecule has 120 valence electrons. The molecule has 1 N–H and O–H groups in total. The number of unbranched alkanes of at least 4 members (excludes halogenated alkanes) is 1. The van der Waals surface area contributed by atoms with Crippen LogP contribution >= 0.6 is 0 Å². The van der Waals surface area contributed by atoms with Crippen LogP contribution in [0.15, 0.2) is 29.2 Å². The maximum absolute atomic E-state index is 12.1. The summed E-state index contributed by atoms with van der Waals surface area (Å²) in [5.41, 5.74) is 1.06. The second kappa shape index (κ2) is 9.18. The number of hydrogen-bond donors (Lipinski definition) is 1. The zero-order valence-electron chi connectivity index (χ0n) is 13.4. The minimum atomic E-state index is -3.36. The van der Waals surface area contributed by atoms with Crippen molar-refractivity contribution in [3.8, 4) is 0 Å². The molecule has 0 aliphatic rings. The van der Waals surface area contributed by atoms with E-state index in [9.17, 15) is 8.42 Å². The van der Waals surface area contributed by atoms with Crippen molar-refractivity contribution in [1.82, 2.24) is 9.62 Å².